The Morgan fingerprint density at radius 3 is 2.47 bits per heavy atom. The van der Waals surface area contributed by atoms with Gasteiger partial charge in [-0.05, 0) is 36.6 Å². The fourth-order valence-corrected chi connectivity index (χ4v) is 4.50. The van der Waals surface area contributed by atoms with Gasteiger partial charge in [0, 0.05) is 36.1 Å². The van der Waals surface area contributed by atoms with Crippen molar-refractivity contribution in [2.75, 3.05) is 37.7 Å². The topological polar surface area (TPSA) is 75.9 Å². The van der Waals surface area contributed by atoms with E-state index in [0.717, 1.165) is 10.0 Å². The zero-order chi connectivity index (χ0) is 21.1. The van der Waals surface area contributed by atoms with Gasteiger partial charge in [-0.1, -0.05) is 40.2 Å². The lowest BCUT2D eigenvalue weighted by atomic mass is 9.94. The maximum Gasteiger partial charge on any atom is 0.292 e. The summed E-state index contributed by atoms with van der Waals surface area (Å²) in [5.41, 5.74) is 1.82. The van der Waals surface area contributed by atoms with Crippen molar-refractivity contribution in [1.82, 2.24) is 4.90 Å². The molecular weight excluding hydrogens is 450 g/mol. The van der Waals surface area contributed by atoms with Crippen LogP contribution >= 0.6 is 15.9 Å². The Kier molecular flexibility index (Phi) is 6.34. The lowest BCUT2D eigenvalue weighted by Gasteiger charge is -2.38. The third-order valence-electron chi connectivity index (χ3n) is 5.88. The minimum atomic E-state index is -0.345. The van der Waals surface area contributed by atoms with E-state index in [1.165, 1.54) is 6.07 Å². The predicted octanol–water partition coefficient (Wildman–Crippen LogP) is 4.17. The summed E-state index contributed by atoms with van der Waals surface area (Å²) in [7, 11) is 0. The molecule has 4 rings (SSSR count). The molecule has 0 radical (unpaired) electrons. The van der Waals surface area contributed by atoms with Crippen molar-refractivity contribution in [3.63, 3.8) is 0 Å². The first-order valence-electron chi connectivity index (χ1n) is 10.2. The van der Waals surface area contributed by atoms with Crippen LogP contribution in [0.2, 0.25) is 0 Å². The highest BCUT2D eigenvalue weighted by atomic mass is 79.9. The standard InChI is InChI=1S/C22H24BrN3O4/c23-18-7-5-16(6-8-18)21-15-25(13-14-30-21)22(27)17-9-11-24(12-10-17)19-3-1-2-4-20(19)26(28)29/h1-8,17,21H,9-15H2. The Morgan fingerprint density at radius 1 is 1.07 bits per heavy atom. The number of carbonyl (C=O) groups excluding carboxylic acids is 1. The minimum Gasteiger partial charge on any atom is -0.370 e. The van der Waals surface area contributed by atoms with Gasteiger partial charge < -0.3 is 14.5 Å². The van der Waals surface area contributed by atoms with Crippen LogP contribution in [0.15, 0.2) is 53.0 Å². The molecule has 8 heteroatoms. The molecule has 1 amide bonds. The van der Waals surface area contributed by atoms with Gasteiger partial charge in [-0.3, -0.25) is 14.9 Å². The van der Waals surface area contributed by atoms with Gasteiger partial charge in [-0.15, -0.1) is 0 Å². The second-order valence-corrected chi connectivity index (χ2v) is 8.62. The van der Waals surface area contributed by atoms with Crippen LogP contribution in [-0.4, -0.2) is 48.5 Å². The molecule has 0 spiro atoms. The molecule has 0 saturated carbocycles. The molecule has 2 heterocycles. The summed E-state index contributed by atoms with van der Waals surface area (Å²) in [5, 5.41) is 11.3. The summed E-state index contributed by atoms with van der Waals surface area (Å²) >= 11 is 3.44. The molecule has 1 unspecified atom stereocenters. The van der Waals surface area contributed by atoms with Crippen molar-refractivity contribution in [3.05, 3.63) is 68.7 Å². The van der Waals surface area contributed by atoms with Gasteiger partial charge in [0.25, 0.3) is 5.69 Å². The molecule has 1 atom stereocenters. The van der Waals surface area contributed by atoms with Crippen molar-refractivity contribution in [3.8, 4) is 0 Å². The maximum absolute atomic E-state index is 13.1. The molecule has 2 aliphatic rings. The van der Waals surface area contributed by atoms with E-state index in [2.05, 4.69) is 15.9 Å². The van der Waals surface area contributed by atoms with Gasteiger partial charge in [-0.2, -0.15) is 0 Å². The van der Waals surface area contributed by atoms with Crippen LogP contribution in [-0.2, 0) is 9.53 Å². The summed E-state index contributed by atoms with van der Waals surface area (Å²) in [6.07, 6.45) is 1.29. The number of hydrogen-bond acceptors (Lipinski definition) is 5. The average molecular weight is 474 g/mol. The van der Waals surface area contributed by atoms with Gasteiger partial charge in [0.05, 0.1) is 18.1 Å². The number of amides is 1. The van der Waals surface area contributed by atoms with E-state index in [1.807, 2.05) is 40.1 Å². The Balaban J connectivity index is 1.37. The number of rotatable bonds is 4. The van der Waals surface area contributed by atoms with Gasteiger partial charge >= 0.3 is 0 Å². The third kappa shape index (κ3) is 4.49. The molecule has 2 aromatic rings. The van der Waals surface area contributed by atoms with Crippen LogP contribution in [0.3, 0.4) is 0 Å². The van der Waals surface area contributed by atoms with Crippen LogP contribution in [0.5, 0.6) is 0 Å². The van der Waals surface area contributed by atoms with Gasteiger partial charge in [0.2, 0.25) is 5.91 Å². The fourth-order valence-electron chi connectivity index (χ4n) is 4.24. The molecule has 7 nitrogen and oxygen atoms in total. The summed E-state index contributed by atoms with van der Waals surface area (Å²) in [4.78, 5) is 28.0. The number of para-hydroxylation sites is 2. The van der Waals surface area contributed by atoms with Crippen LogP contribution in [0.4, 0.5) is 11.4 Å². The van der Waals surface area contributed by atoms with Crippen molar-refractivity contribution in [1.29, 1.82) is 0 Å². The number of nitro groups is 1. The Bertz CT molecular complexity index is 913. The Hall–Kier alpha value is -2.45. The fraction of sp³-hybridized carbons (Fsp3) is 0.409. The van der Waals surface area contributed by atoms with Crippen molar-refractivity contribution in [2.45, 2.75) is 18.9 Å². The molecule has 0 aliphatic carbocycles. The molecule has 0 N–H and O–H groups in total. The lowest BCUT2D eigenvalue weighted by Crippen LogP contribution is -2.47. The summed E-state index contributed by atoms with van der Waals surface area (Å²) in [6.45, 7) is 2.98. The number of nitro benzene ring substituents is 1. The number of halogens is 1. The van der Waals surface area contributed by atoms with E-state index in [-0.39, 0.29) is 28.5 Å². The molecule has 0 bridgehead atoms. The zero-order valence-corrected chi connectivity index (χ0v) is 18.2. The largest absolute Gasteiger partial charge is 0.370 e. The smallest absolute Gasteiger partial charge is 0.292 e. The van der Waals surface area contributed by atoms with Gasteiger partial charge in [0.15, 0.2) is 0 Å². The average Bonchev–Trinajstić information content (AvgIpc) is 2.79. The molecule has 2 saturated heterocycles. The summed E-state index contributed by atoms with van der Waals surface area (Å²) in [6, 6.07) is 14.8. The van der Waals surface area contributed by atoms with Gasteiger partial charge in [-0.25, -0.2) is 0 Å². The number of ether oxygens (including phenoxy) is 1. The molecule has 158 valence electrons. The molecule has 30 heavy (non-hydrogen) atoms. The van der Waals surface area contributed by atoms with E-state index in [4.69, 9.17) is 4.74 Å². The molecule has 2 aliphatic heterocycles. The first-order valence-corrected chi connectivity index (χ1v) is 11.0. The SMILES string of the molecule is O=C(C1CCN(c2ccccc2[N+](=O)[O-])CC1)N1CCOC(c2ccc(Br)cc2)C1. The molecule has 2 aromatic carbocycles. The number of hydrogen-bond donors (Lipinski definition) is 0. The number of piperidine rings is 1. The van der Waals surface area contributed by atoms with Crippen LogP contribution < -0.4 is 4.90 Å². The molecular formula is C22H24BrN3O4. The number of anilines is 1. The second kappa shape index (κ2) is 9.14. The normalized spacial score (nSPS) is 20.2. The maximum atomic E-state index is 13.1. The zero-order valence-electron chi connectivity index (χ0n) is 16.6. The van der Waals surface area contributed by atoms with E-state index in [1.54, 1.807) is 12.1 Å². The van der Waals surface area contributed by atoms with Gasteiger partial charge in [0.1, 0.15) is 11.8 Å². The predicted molar refractivity (Wildman–Crippen MR) is 117 cm³/mol. The quantitative estimate of drug-likeness (QED) is 0.491. The number of morpholine rings is 1. The second-order valence-electron chi connectivity index (χ2n) is 7.70. The lowest BCUT2D eigenvalue weighted by molar-refractivity contribution is -0.384. The highest BCUT2D eigenvalue weighted by Crippen LogP contribution is 2.32. The van der Waals surface area contributed by atoms with Crippen molar-refractivity contribution >= 4 is 33.2 Å². The Labute approximate surface area is 183 Å². The third-order valence-corrected chi connectivity index (χ3v) is 6.41. The first kappa shape index (κ1) is 20.8. The van der Waals surface area contributed by atoms with E-state index in [9.17, 15) is 14.9 Å². The summed E-state index contributed by atoms with van der Waals surface area (Å²) in [5.74, 6) is 0.121. The number of benzene rings is 2. The number of carbonyl (C=O) groups is 1. The van der Waals surface area contributed by atoms with Crippen LogP contribution in [0, 0.1) is 16.0 Å². The summed E-state index contributed by atoms with van der Waals surface area (Å²) < 4.78 is 6.92. The number of nitrogens with zero attached hydrogens (tertiary/aromatic N) is 3. The minimum absolute atomic E-state index is 0.0484. The van der Waals surface area contributed by atoms with Crippen molar-refractivity contribution in [2.24, 2.45) is 5.92 Å². The molecule has 0 aromatic heterocycles. The van der Waals surface area contributed by atoms with Crippen LogP contribution in [0.1, 0.15) is 24.5 Å². The van der Waals surface area contributed by atoms with Crippen molar-refractivity contribution < 1.29 is 14.5 Å². The first-order chi connectivity index (χ1) is 14.5. The Morgan fingerprint density at radius 2 is 1.77 bits per heavy atom. The monoisotopic (exact) mass is 473 g/mol. The highest BCUT2D eigenvalue weighted by Gasteiger charge is 2.33. The van der Waals surface area contributed by atoms with E-state index >= 15 is 0 Å². The highest BCUT2D eigenvalue weighted by molar-refractivity contribution is 9.10. The van der Waals surface area contributed by atoms with Crippen LogP contribution in [0.25, 0.3) is 0 Å². The van der Waals surface area contributed by atoms with E-state index in [0.29, 0.717) is 51.3 Å². The molecule has 2 fully saturated rings. The van der Waals surface area contributed by atoms with E-state index < -0.39 is 0 Å².